The molecule has 0 saturated carbocycles. The second kappa shape index (κ2) is 10.4. The van der Waals surface area contributed by atoms with Crippen molar-refractivity contribution in [3.05, 3.63) is 11.8 Å². The van der Waals surface area contributed by atoms with Crippen LogP contribution < -0.4 is 11.1 Å². The minimum absolute atomic E-state index is 0.784. The molecule has 0 aromatic rings. The van der Waals surface area contributed by atoms with Crippen molar-refractivity contribution in [2.75, 3.05) is 19.6 Å². The highest BCUT2D eigenvalue weighted by atomic mass is 14.9. The van der Waals surface area contributed by atoms with Crippen LogP contribution in [0, 0.1) is 0 Å². The molecule has 0 aromatic heterocycles. The van der Waals surface area contributed by atoms with Gasteiger partial charge in [0.25, 0.3) is 0 Å². The van der Waals surface area contributed by atoms with Crippen LogP contribution >= 0.6 is 0 Å². The lowest BCUT2D eigenvalue weighted by Crippen LogP contribution is -2.18. The molecule has 0 saturated heterocycles. The van der Waals surface area contributed by atoms with Crippen LogP contribution in [0.4, 0.5) is 0 Å². The van der Waals surface area contributed by atoms with Gasteiger partial charge in [-0.3, -0.25) is 4.99 Å². The fourth-order valence-corrected chi connectivity index (χ4v) is 1.18. The monoisotopic (exact) mass is 197 g/mol. The Labute approximate surface area is 87.5 Å². The summed E-state index contributed by atoms with van der Waals surface area (Å²) in [5.41, 5.74) is 6.53. The van der Waals surface area contributed by atoms with Gasteiger partial charge in [-0.05, 0) is 39.3 Å². The molecule has 3 nitrogen and oxygen atoms in total. The zero-order chi connectivity index (χ0) is 10.6. The standard InChI is InChI=1S/C11H23N3/c1-3-7-11(14-4-2)10-13-9-6-5-8-12/h4,7,13H,3,5-6,8-10,12H2,1-2H3/b11-7-,14-4?. The van der Waals surface area contributed by atoms with Crippen LogP contribution in [0.3, 0.4) is 0 Å². The Morgan fingerprint density at radius 1 is 1.43 bits per heavy atom. The summed E-state index contributed by atoms with van der Waals surface area (Å²) >= 11 is 0. The Kier molecular flexibility index (Phi) is 9.91. The van der Waals surface area contributed by atoms with Gasteiger partial charge in [0.1, 0.15) is 0 Å². The summed E-state index contributed by atoms with van der Waals surface area (Å²) in [5, 5.41) is 3.35. The maximum atomic E-state index is 5.40. The van der Waals surface area contributed by atoms with Gasteiger partial charge in [0.05, 0.1) is 0 Å². The molecule has 0 aliphatic rings. The molecular weight excluding hydrogens is 174 g/mol. The van der Waals surface area contributed by atoms with Gasteiger partial charge in [-0.15, -0.1) is 0 Å². The van der Waals surface area contributed by atoms with Crippen molar-refractivity contribution in [2.24, 2.45) is 10.7 Å². The Morgan fingerprint density at radius 3 is 2.79 bits per heavy atom. The summed E-state index contributed by atoms with van der Waals surface area (Å²) in [5.74, 6) is 0. The van der Waals surface area contributed by atoms with Gasteiger partial charge in [0, 0.05) is 18.5 Å². The molecule has 0 rings (SSSR count). The average molecular weight is 197 g/mol. The second-order valence-electron chi connectivity index (χ2n) is 3.16. The van der Waals surface area contributed by atoms with Gasteiger partial charge in [0.2, 0.25) is 0 Å². The summed E-state index contributed by atoms with van der Waals surface area (Å²) in [6, 6.07) is 0. The summed E-state index contributed by atoms with van der Waals surface area (Å²) in [6.07, 6.45) is 7.26. The van der Waals surface area contributed by atoms with Crippen LogP contribution in [-0.4, -0.2) is 25.8 Å². The number of nitrogens with one attached hydrogen (secondary N) is 1. The average Bonchev–Trinajstić information content (AvgIpc) is 2.18. The van der Waals surface area contributed by atoms with E-state index in [9.17, 15) is 0 Å². The maximum absolute atomic E-state index is 5.40. The first-order valence-corrected chi connectivity index (χ1v) is 5.43. The summed E-state index contributed by atoms with van der Waals surface area (Å²) in [6.45, 7) is 6.74. The predicted molar refractivity (Wildman–Crippen MR) is 63.7 cm³/mol. The number of hydrogen-bond donors (Lipinski definition) is 2. The molecule has 0 aromatic carbocycles. The first-order chi connectivity index (χ1) is 6.85. The first kappa shape index (κ1) is 13.3. The van der Waals surface area contributed by atoms with Crippen molar-refractivity contribution in [3.63, 3.8) is 0 Å². The molecule has 82 valence electrons. The Morgan fingerprint density at radius 2 is 2.21 bits per heavy atom. The van der Waals surface area contributed by atoms with Crippen molar-refractivity contribution in [1.29, 1.82) is 0 Å². The van der Waals surface area contributed by atoms with Crippen LogP contribution in [0.15, 0.2) is 16.8 Å². The molecule has 0 amide bonds. The van der Waals surface area contributed by atoms with E-state index >= 15 is 0 Å². The van der Waals surface area contributed by atoms with Crippen molar-refractivity contribution in [2.45, 2.75) is 33.1 Å². The number of aliphatic imine (C=N–C) groups is 1. The SMILES string of the molecule is CC=N/C(=C\CC)CNCCCCN. The van der Waals surface area contributed by atoms with Crippen molar-refractivity contribution < 1.29 is 0 Å². The molecule has 0 radical (unpaired) electrons. The van der Waals surface area contributed by atoms with E-state index < -0.39 is 0 Å². The third kappa shape index (κ3) is 7.95. The number of unbranched alkanes of at least 4 members (excludes halogenated alkanes) is 1. The Bertz CT molecular complexity index is 173. The molecule has 3 heteroatoms. The molecule has 0 aliphatic heterocycles. The third-order valence-electron chi connectivity index (χ3n) is 1.85. The van der Waals surface area contributed by atoms with Crippen molar-refractivity contribution in [3.8, 4) is 0 Å². The van der Waals surface area contributed by atoms with Gasteiger partial charge in [-0.1, -0.05) is 13.0 Å². The minimum Gasteiger partial charge on any atom is -0.330 e. The van der Waals surface area contributed by atoms with Crippen LogP contribution in [0.1, 0.15) is 33.1 Å². The van der Waals surface area contributed by atoms with Gasteiger partial charge < -0.3 is 11.1 Å². The predicted octanol–water partition coefficient (Wildman–Crippen LogP) is 1.70. The van der Waals surface area contributed by atoms with E-state index in [1.54, 1.807) is 0 Å². The van der Waals surface area contributed by atoms with Gasteiger partial charge in [-0.25, -0.2) is 0 Å². The number of rotatable bonds is 8. The van der Waals surface area contributed by atoms with Gasteiger partial charge >= 0.3 is 0 Å². The van der Waals surface area contributed by atoms with Crippen LogP contribution in [0.2, 0.25) is 0 Å². The van der Waals surface area contributed by atoms with E-state index in [-0.39, 0.29) is 0 Å². The Balaban J connectivity index is 3.56. The highest BCUT2D eigenvalue weighted by Crippen LogP contribution is 1.96. The number of hydrogen-bond acceptors (Lipinski definition) is 3. The van der Waals surface area contributed by atoms with E-state index in [0.717, 1.165) is 44.6 Å². The van der Waals surface area contributed by atoms with E-state index in [0.29, 0.717) is 0 Å². The molecule has 0 aliphatic carbocycles. The molecule has 0 bridgehead atoms. The van der Waals surface area contributed by atoms with Gasteiger partial charge in [-0.2, -0.15) is 0 Å². The fraction of sp³-hybridized carbons (Fsp3) is 0.727. The third-order valence-corrected chi connectivity index (χ3v) is 1.85. The summed E-state index contributed by atoms with van der Waals surface area (Å²) < 4.78 is 0. The number of nitrogens with zero attached hydrogens (tertiary/aromatic N) is 1. The van der Waals surface area contributed by atoms with Crippen LogP contribution in [0.25, 0.3) is 0 Å². The van der Waals surface area contributed by atoms with Crippen LogP contribution in [-0.2, 0) is 0 Å². The normalized spacial score (nSPS) is 12.6. The lowest BCUT2D eigenvalue weighted by Gasteiger charge is -2.04. The molecule has 0 fully saturated rings. The zero-order valence-corrected chi connectivity index (χ0v) is 9.42. The second-order valence-corrected chi connectivity index (χ2v) is 3.16. The smallest absolute Gasteiger partial charge is 0.0497 e. The summed E-state index contributed by atoms with van der Waals surface area (Å²) in [7, 11) is 0. The van der Waals surface area contributed by atoms with E-state index in [4.69, 9.17) is 5.73 Å². The number of allylic oxidation sites excluding steroid dienone is 1. The van der Waals surface area contributed by atoms with E-state index in [2.05, 4.69) is 23.3 Å². The molecule has 0 heterocycles. The first-order valence-electron chi connectivity index (χ1n) is 5.43. The Hall–Kier alpha value is -0.670. The maximum Gasteiger partial charge on any atom is 0.0497 e. The quantitative estimate of drug-likeness (QED) is 0.459. The van der Waals surface area contributed by atoms with E-state index in [1.165, 1.54) is 0 Å². The fourth-order valence-electron chi connectivity index (χ4n) is 1.18. The minimum atomic E-state index is 0.784. The topological polar surface area (TPSA) is 50.4 Å². The largest absolute Gasteiger partial charge is 0.330 e. The molecule has 0 atom stereocenters. The molecule has 0 spiro atoms. The van der Waals surface area contributed by atoms with Crippen LogP contribution in [0.5, 0.6) is 0 Å². The van der Waals surface area contributed by atoms with Crippen molar-refractivity contribution in [1.82, 2.24) is 5.32 Å². The lowest BCUT2D eigenvalue weighted by atomic mass is 10.3. The lowest BCUT2D eigenvalue weighted by molar-refractivity contribution is 0.650. The van der Waals surface area contributed by atoms with Gasteiger partial charge in [0.15, 0.2) is 0 Å². The summed E-state index contributed by atoms with van der Waals surface area (Å²) in [4.78, 5) is 4.28. The van der Waals surface area contributed by atoms with E-state index in [1.807, 2.05) is 13.1 Å². The number of nitrogens with two attached hydrogens (primary N) is 1. The molecule has 0 unspecified atom stereocenters. The highest BCUT2D eigenvalue weighted by molar-refractivity contribution is 5.55. The highest BCUT2D eigenvalue weighted by Gasteiger charge is 1.92. The van der Waals surface area contributed by atoms with Crippen molar-refractivity contribution >= 4 is 6.21 Å². The molecule has 3 N–H and O–H groups in total. The molecule has 14 heavy (non-hydrogen) atoms. The molecular formula is C11H23N3. The zero-order valence-electron chi connectivity index (χ0n) is 9.42.